The zero-order valence-corrected chi connectivity index (χ0v) is 55.8. The van der Waals surface area contributed by atoms with Crippen LogP contribution in [0.1, 0.15) is 132 Å². The van der Waals surface area contributed by atoms with Gasteiger partial charge in [-0.3, -0.25) is 52.7 Å². The van der Waals surface area contributed by atoms with Crippen molar-refractivity contribution in [2.45, 2.75) is 194 Å². The number of likely N-dealkylation sites (tertiary alicyclic amines) is 1. The number of nitrogens with zero attached hydrogens (tertiary/aromatic N) is 5. The van der Waals surface area contributed by atoms with Crippen LogP contribution in [0.25, 0.3) is 0 Å². The highest BCUT2D eigenvalue weighted by molar-refractivity contribution is 6.08. The van der Waals surface area contributed by atoms with Gasteiger partial charge in [-0.15, -0.1) is 0 Å². The van der Waals surface area contributed by atoms with E-state index in [-0.39, 0.29) is 75.9 Å². The molecule has 2 aromatic rings. The molecule has 0 radical (unpaired) electrons. The minimum atomic E-state index is -1.91. The van der Waals surface area contributed by atoms with Crippen molar-refractivity contribution in [3.8, 4) is 0 Å². The van der Waals surface area contributed by atoms with Crippen molar-refractivity contribution in [3.05, 3.63) is 71.8 Å². The first-order chi connectivity index (χ1) is 42.2. The lowest BCUT2D eigenvalue weighted by atomic mass is 9.95. The van der Waals surface area contributed by atoms with Crippen LogP contribution in [0.4, 0.5) is 0 Å². The Bertz CT molecular complexity index is 2750. The number of benzene rings is 2. The second-order valence-electron chi connectivity index (χ2n) is 26.5. The summed E-state index contributed by atoms with van der Waals surface area (Å²) in [6.07, 6.45) is 0.888. The van der Waals surface area contributed by atoms with Crippen molar-refractivity contribution in [2.24, 2.45) is 23.7 Å². The zero-order chi connectivity index (χ0) is 67.3. The number of likely N-dealkylation sites (N-methyl/N-ethyl adjacent to an activating group) is 4. The third-order valence-corrected chi connectivity index (χ3v) is 16.4. The van der Waals surface area contributed by atoms with Crippen LogP contribution < -0.4 is 31.9 Å². The van der Waals surface area contributed by atoms with Crippen LogP contribution in [0.5, 0.6) is 0 Å². The number of aliphatic hydroxyl groups is 1. The molecule has 0 saturated carbocycles. The van der Waals surface area contributed by atoms with Crippen molar-refractivity contribution in [1.82, 2.24) is 56.4 Å². The Morgan fingerprint density at radius 3 is 1.63 bits per heavy atom. The van der Waals surface area contributed by atoms with E-state index in [9.17, 15) is 57.8 Å². The van der Waals surface area contributed by atoms with Gasteiger partial charge in [0.05, 0.1) is 30.8 Å². The summed E-state index contributed by atoms with van der Waals surface area (Å²) in [6.45, 7) is 18.4. The van der Waals surface area contributed by atoms with E-state index in [1.54, 1.807) is 51.1 Å². The van der Waals surface area contributed by atoms with Gasteiger partial charge in [0, 0.05) is 66.7 Å². The highest BCUT2D eigenvalue weighted by Crippen LogP contribution is 2.21. The lowest BCUT2D eigenvalue weighted by Crippen LogP contribution is -2.63. The average Bonchev–Trinajstić information content (AvgIpc) is 1.16. The first-order valence-electron chi connectivity index (χ1n) is 31.7. The van der Waals surface area contributed by atoms with E-state index in [2.05, 4.69) is 31.9 Å². The summed E-state index contributed by atoms with van der Waals surface area (Å²) < 4.78 is 6.09. The van der Waals surface area contributed by atoms with E-state index in [1.807, 2.05) is 71.9 Å². The van der Waals surface area contributed by atoms with E-state index < -0.39 is 144 Å². The van der Waals surface area contributed by atoms with Crippen LogP contribution in [0.3, 0.4) is 0 Å². The van der Waals surface area contributed by atoms with Gasteiger partial charge in [-0.1, -0.05) is 102 Å². The summed E-state index contributed by atoms with van der Waals surface area (Å²) in [5.41, 5.74) is 0.558. The third kappa shape index (κ3) is 23.1. The van der Waals surface area contributed by atoms with Gasteiger partial charge >= 0.3 is 0 Å². The van der Waals surface area contributed by atoms with Crippen LogP contribution in [-0.2, 0) is 70.3 Å². The Kier molecular flexibility index (Phi) is 29.3. The lowest BCUT2D eigenvalue weighted by Gasteiger charge is -2.35. The van der Waals surface area contributed by atoms with Gasteiger partial charge in [0.2, 0.25) is 53.2 Å². The van der Waals surface area contributed by atoms with Crippen LogP contribution in [-0.4, -0.2) is 216 Å². The Hall–Kier alpha value is -7.47. The molecule has 0 spiro atoms. The fourth-order valence-corrected chi connectivity index (χ4v) is 10.9. The number of carbonyl (C=O) groups is 11. The molecule has 90 heavy (non-hydrogen) atoms. The number of hydrogen-bond donors (Lipinski definition) is 7. The van der Waals surface area contributed by atoms with E-state index in [0.29, 0.717) is 18.4 Å². The maximum Gasteiger partial charge on any atom is 0.255 e. The molecule has 0 aromatic heterocycles. The van der Waals surface area contributed by atoms with Crippen molar-refractivity contribution in [3.63, 3.8) is 0 Å². The monoisotopic (exact) mass is 1260 g/mol. The van der Waals surface area contributed by atoms with Crippen molar-refractivity contribution in [1.29, 1.82) is 0 Å². The number of nitrogens with one attached hydrogen (secondary N) is 6. The standard InChI is InChI=1S/C66H103N11O13/c1-40(2)31-47-37-67-60(84)51(32-41(3)4)75(14)53(79)36-48(34-45-25-19-16-20-26-45)74(13)54(80)38-68-62(86)55(44(8)78)71-61(85)52(33-42(5)6)76(15)63(87)49(35-46-27-21-17-22-28-46)69-57(81)43(7)73(12)64(88)56(65(89)77-29-23-18-24-30-77)72-59(83)50(70-58(47)82)39-90-66(9,10)11/h16-17,19-22,25-28,40-44,47-52,55-56,78H,18,23-24,29-39H2,1-15H3,(H,67,84)(H,68,86)(H,69,81)(H,70,82)(H,71,85)(H,72,83)/t43-,44+,47+,48-,49-,50-,51-,52-,55-,56-/m0/s1. The van der Waals surface area contributed by atoms with Crippen molar-refractivity contribution in [2.75, 3.05) is 61.0 Å². The normalized spacial score (nSPS) is 25.2. The van der Waals surface area contributed by atoms with Gasteiger partial charge in [0.1, 0.15) is 36.3 Å². The summed E-state index contributed by atoms with van der Waals surface area (Å²) >= 11 is 0. The van der Waals surface area contributed by atoms with Crippen LogP contribution in [0, 0.1) is 23.7 Å². The maximum atomic E-state index is 15.0. The maximum absolute atomic E-state index is 15.0. The van der Waals surface area contributed by atoms with Gasteiger partial charge in [-0.2, -0.15) is 0 Å². The van der Waals surface area contributed by atoms with Crippen LogP contribution in [0.2, 0.25) is 0 Å². The summed E-state index contributed by atoms with van der Waals surface area (Å²) in [4.78, 5) is 167. The summed E-state index contributed by atoms with van der Waals surface area (Å²) in [5, 5.41) is 27.3. The molecular formula is C66H103N11O13. The molecule has 0 aliphatic carbocycles. The summed E-state index contributed by atoms with van der Waals surface area (Å²) in [7, 11) is 5.63. The third-order valence-electron chi connectivity index (χ3n) is 16.4. The minimum absolute atomic E-state index is 0.0499. The predicted molar refractivity (Wildman–Crippen MR) is 340 cm³/mol. The van der Waals surface area contributed by atoms with Crippen molar-refractivity contribution < 1.29 is 62.6 Å². The molecule has 2 saturated heterocycles. The highest BCUT2D eigenvalue weighted by atomic mass is 16.5. The van der Waals surface area contributed by atoms with Gasteiger partial charge in [0.15, 0.2) is 6.04 Å². The topological polar surface area (TPSA) is 306 Å². The molecule has 2 aliphatic heterocycles. The first kappa shape index (κ1) is 75.0. The first-order valence-corrected chi connectivity index (χ1v) is 31.7. The molecular weight excluding hydrogens is 1150 g/mol. The number of rotatable bonds is 14. The van der Waals surface area contributed by atoms with E-state index in [1.165, 1.54) is 56.7 Å². The number of aliphatic hydroxyl groups excluding tert-OH is 1. The molecule has 2 fully saturated rings. The molecule has 7 N–H and O–H groups in total. The van der Waals surface area contributed by atoms with Gasteiger partial charge in [-0.25, -0.2) is 0 Å². The highest BCUT2D eigenvalue weighted by Gasteiger charge is 2.42. The minimum Gasteiger partial charge on any atom is -0.391 e. The predicted octanol–water partition coefficient (Wildman–Crippen LogP) is 2.34. The smallest absolute Gasteiger partial charge is 0.255 e. The van der Waals surface area contributed by atoms with Crippen LogP contribution >= 0.6 is 0 Å². The number of amides is 11. The largest absolute Gasteiger partial charge is 0.391 e. The zero-order valence-electron chi connectivity index (χ0n) is 55.8. The molecule has 24 heteroatoms. The van der Waals surface area contributed by atoms with Gasteiger partial charge in [-0.05, 0) is 108 Å². The van der Waals surface area contributed by atoms with Gasteiger partial charge in [0.25, 0.3) is 11.8 Å². The van der Waals surface area contributed by atoms with Crippen molar-refractivity contribution >= 4 is 65.0 Å². The summed E-state index contributed by atoms with van der Waals surface area (Å²) in [5.74, 6) is -9.72. The van der Waals surface area contributed by atoms with Gasteiger partial charge < -0.3 is 66.2 Å². The summed E-state index contributed by atoms with van der Waals surface area (Å²) in [6, 6.07) is 6.88. The van der Waals surface area contributed by atoms with E-state index in [0.717, 1.165) is 21.8 Å². The molecule has 2 aromatic carbocycles. The Morgan fingerprint density at radius 1 is 0.567 bits per heavy atom. The quantitative estimate of drug-likeness (QED) is 0.134. The number of ether oxygens (including phenoxy) is 1. The second-order valence-corrected chi connectivity index (χ2v) is 26.5. The average molecular weight is 1260 g/mol. The molecule has 0 bridgehead atoms. The van der Waals surface area contributed by atoms with Crippen LogP contribution in [0.15, 0.2) is 60.7 Å². The fraction of sp³-hybridized carbons (Fsp3) is 0.652. The number of carbonyl (C=O) groups excluding carboxylic acids is 11. The Morgan fingerprint density at radius 2 is 1.10 bits per heavy atom. The number of piperidine rings is 1. The van der Waals surface area contributed by atoms with E-state index >= 15 is 0 Å². The molecule has 2 heterocycles. The lowest BCUT2D eigenvalue weighted by molar-refractivity contribution is -0.150. The molecule has 24 nitrogen and oxygen atoms in total. The molecule has 0 unspecified atom stereocenters. The molecule has 10 atom stereocenters. The molecule has 11 amide bonds. The number of hydrogen-bond acceptors (Lipinski definition) is 13. The van der Waals surface area contributed by atoms with E-state index in [4.69, 9.17) is 4.74 Å². The molecule has 500 valence electrons. The molecule has 4 rings (SSSR count). The SMILES string of the molecule is CC(C)C[C@@H]1CNC(=O)[C@H](CC(C)C)N(C)C(=O)C[C@H](Cc2ccccc2)N(C)C(=O)CNC(=O)[C@H]([C@@H](C)O)NC(=O)[C@H](CC(C)C)N(C)C(=O)[C@H](Cc2ccccc2)NC(=O)[C@H](C)N(C)C(=O)[C@@H](C(=O)N2CCCCC2)NC(=O)[C@H](COC(C)(C)C)NC1=O. The Labute approximate surface area is 532 Å². The molecule has 2 aliphatic rings. The Balaban J connectivity index is 1.88. The fourth-order valence-electron chi connectivity index (χ4n) is 10.9. The second kappa shape index (κ2) is 35.2.